The van der Waals surface area contributed by atoms with Crippen LogP contribution in [0.15, 0.2) is 115 Å². The molecule has 0 amide bonds. The molecule has 4 aromatic carbocycles. The lowest BCUT2D eigenvalue weighted by Crippen LogP contribution is -2.49. The molecule has 6 heteroatoms. The SMILES string of the molecule is CC1CC(Oc2ccc(OC(=O)c3ccccc3)cc2)OC(COCc2ccccc2)C1OCc1ccccc1. The van der Waals surface area contributed by atoms with Crippen molar-refractivity contribution in [3.8, 4) is 11.5 Å². The molecule has 0 bridgehead atoms. The van der Waals surface area contributed by atoms with Crippen LogP contribution in [-0.2, 0) is 27.4 Å². The zero-order valence-electron chi connectivity index (χ0n) is 22.6. The van der Waals surface area contributed by atoms with Crippen molar-refractivity contribution in [1.29, 1.82) is 0 Å². The number of rotatable bonds is 11. The fraction of sp³-hybridized carbons (Fsp3) is 0.265. The van der Waals surface area contributed by atoms with E-state index in [1.54, 1.807) is 48.5 Å². The molecule has 4 aromatic rings. The molecule has 206 valence electrons. The van der Waals surface area contributed by atoms with Crippen LogP contribution in [0.2, 0.25) is 0 Å². The van der Waals surface area contributed by atoms with Crippen LogP contribution in [0.5, 0.6) is 11.5 Å². The van der Waals surface area contributed by atoms with Gasteiger partial charge in [0.1, 0.15) is 17.6 Å². The van der Waals surface area contributed by atoms with Gasteiger partial charge < -0.3 is 23.7 Å². The van der Waals surface area contributed by atoms with Gasteiger partial charge in [-0.25, -0.2) is 4.79 Å². The number of carbonyl (C=O) groups is 1. The summed E-state index contributed by atoms with van der Waals surface area (Å²) in [7, 11) is 0. The Balaban J connectivity index is 1.20. The first kappa shape index (κ1) is 27.6. The van der Waals surface area contributed by atoms with Gasteiger partial charge in [0.25, 0.3) is 0 Å². The molecule has 0 aromatic heterocycles. The molecule has 0 N–H and O–H groups in total. The highest BCUT2D eigenvalue weighted by Gasteiger charge is 2.38. The Hall–Kier alpha value is -3.97. The smallest absolute Gasteiger partial charge is 0.343 e. The Labute approximate surface area is 235 Å². The zero-order chi connectivity index (χ0) is 27.6. The normalized spacial score (nSPS) is 20.5. The molecule has 1 fully saturated rings. The first-order valence-corrected chi connectivity index (χ1v) is 13.6. The van der Waals surface area contributed by atoms with Crippen molar-refractivity contribution in [3.63, 3.8) is 0 Å². The van der Waals surface area contributed by atoms with E-state index in [1.165, 1.54) is 0 Å². The van der Waals surface area contributed by atoms with Gasteiger partial charge in [0.15, 0.2) is 0 Å². The number of hydrogen-bond donors (Lipinski definition) is 0. The maximum Gasteiger partial charge on any atom is 0.343 e. The molecule has 0 saturated carbocycles. The molecule has 0 spiro atoms. The molecule has 4 unspecified atom stereocenters. The third kappa shape index (κ3) is 7.79. The molecule has 0 radical (unpaired) electrons. The van der Waals surface area contributed by atoms with Crippen LogP contribution in [0.4, 0.5) is 0 Å². The van der Waals surface area contributed by atoms with Gasteiger partial charge in [-0.1, -0.05) is 85.8 Å². The van der Waals surface area contributed by atoms with Crippen molar-refractivity contribution < 1.29 is 28.5 Å². The molecule has 6 nitrogen and oxygen atoms in total. The van der Waals surface area contributed by atoms with Gasteiger partial charge >= 0.3 is 5.97 Å². The van der Waals surface area contributed by atoms with E-state index in [0.29, 0.717) is 43.3 Å². The topological polar surface area (TPSA) is 63.2 Å². The maximum absolute atomic E-state index is 12.3. The lowest BCUT2D eigenvalue weighted by molar-refractivity contribution is -0.232. The van der Waals surface area contributed by atoms with Crippen molar-refractivity contribution in [2.45, 2.75) is 45.1 Å². The van der Waals surface area contributed by atoms with Gasteiger partial charge in [0, 0.05) is 6.42 Å². The summed E-state index contributed by atoms with van der Waals surface area (Å²) in [5, 5.41) is 0. The molecular weight excluding hydrogens is 504 g/mol. The second kappa shape index (κ2) is 13.9. The van der Waals surface area contributed by atoms with Crippen molar-refractivity contribution in [2.75, 3.05) is 6.61 Å². The van der Waals surface area contributed by atoms with Crippen LogP contribution in [0.3, 0.4) is 0 Å². The van der Waals surface area contributed by atoms with Gasteiger partial charge in [-0.2, -0.15) is 0 Å². The number of esters is 1. The Kier molecular flexibility index (Phi) is 9.59. The molecule has 40 heavy (non-hydrogen) atoms. The van der Waals surface area contributed by atoms with E-state index in [1.807, 2.05) is 54.6 Å². The second-order valence-electron chi connectivity index (χ2n) is 9.92. The van der Waals surface area contributed by atoms with E-state index >= 15 is 0 Å². The summed E-state index contributed by atoms with van der Waals surface area (Å²) >= 11 is 0. The highest BCUT2D eigenvalue weighted by Crippen LogP contribution is 2.31. The first-order valence-electron chi connectivity index (χ1n) is 13.6. The molecule has 1 saturated heterocycles. The fourth-order valence-electron chi connectivity index (χ4n) is 4.73. The number of benzene rings is 4. The molecule has 1 heterocycles. The van der Waals surface area contributed by atoms with Gasteiger partial charge in [-0.3, -0.25) is 0 Å². The molecule has 5 rings (SSSR count). The molecule has 0 aliphatic carbocycles. The van der Waals surface area contributed by atoms with Crippen molar-refractivity contribution >= 4 is 5.97 Å². The molecular formula is C34H34O6. The first-order chi connectivity index (χ1) is 19.6. The van der Waals surface area contributed by atoms with E-state index in [9.17, 15) is 4.79 Å². The quantitative estimate of drug-likeness (QED) is 0.154. The Morgan fingerprint density at radius 1 is 0.750 bits per heavy atom. The third-order valence-electron chi connectivity index (χ3n) is 6.81. The minimum atomic E-state index is -0.463. The van der Waals surface area contributed by atoms with Crippen LogP contribution in [0, 0.1) is 5.92 Å². The predicted molar refractivity (Wildman–Crippen MR) is 152 cm³/mol. The molecule has 1 aliphatic rings. The van der Waals surface area contributed by atoms with Gasteiger partial charge in [0.2, 0.25) is 6.29 Å². The summed E-state index contributed by atoms with van der Waals surface area (Å²) in [5.74, 6) is 0.850. The average molecular weight is 539 g/mol. The number of ether oxygens (including phenoxy) is 5. The van der Waals surface area contributed by atoms with E-state index in [-0.39, 0.29) is 18.1 Å². The predicted octanol–water partition coefficient (Wildman–Crippen LogP) is 6.84. The van der Waals surface area contributed by atoms with Crippen molar-refractivity contribution in [3.05, 3.63) is 132 Å². The summed E-state index contributed by atoms with van der Waals surface area (Å²) in [5.41, 5.74) is 2.72. The number of hydrogen-bond acceptors (Lipinski definition) is 6. The van der Waals surface area contributed by atoms with Gasteiger partial charge in [-0.05, 0) is 53.4 Å². The van der Waals surface area contributed by atoms with Crippen LogP contribution in [0.25, 0.3) is 0 Å². The Morgan fingerprint density at radius 2 is 1.32 bits per heavy atom. The third-order valence-corrected chi connectivity index (χ3v) is 6.81. The van der Waals surface area contributed by atoms with Gasteiger partial charge in [0.05, 0.1) is 31.5 Å². The summed E-state index contributed by atoms with van der Waals surface area (Å²) in [6.45, 7) is 3.54. The second-order valence-corrected chi connectivity index (χ2v) is 9.92. The largest absolute Gasteiger partial charge is 0.465 e. The zero-order valence-corrected chi connectivity index (χ0v) is 22.6. The lowest BCUT2D eigenvalue weighted by atomic mass is 9.93. The van der Waals surface area contributed by atoms with E-state index < -0.39 is 12.3 Å². The highest BCUT2D eigenvalue weighted by atomic mass is 16.7. The minimum absolute atomic E-state index is 0.143. The maximum atomic E-state index is 12.3. The molecule has 4 atom stereocenters. The fourth-order valence-corrected chi connectivity index (χ4v) is 4.73. The summed E-state index contributed by atoms with van der Waals surface area (Å²) in [6.07, 6.45) is -0.239. The summed E-state index contributed by atoms with van der Waals surface area (Å²) in [4.78, 5) is 12.3. The molecule has 1 aliphatic heterocycles. The van der Waals surface area contributed by atoms with Crippen molar-refractivity contribution in [2.24, 2.45) is 5.92 Å². The van der Waals surface area contributed by atoms with Gasteiger partial charge in [-0.15, -0.1) is 0 Å². The number of carbonyl (C=O) groups excluding carboxylic acids is 1. The van der Waals surface area contributed by atoms with Crippen LogP contribution in [-0.4, -0.2) is 31.1 Å². The average Bonchev–Trinajstić information content (AvgIpc) is 2.99. The van der Waals surface area contributed by atoms with E-state index in [0.717, 1.165) is 11.1 Å². The van der Waals surface area contributed by atoms with E-state index in [2.05, 4.69) is 19.1 Å². The van der Waals surface area contributed by atoms with E-state index in [4.69, 9.17) is 23.7 Å². The van der Waals surface area contributed by atoms with Crippen LogP contribution >= 0.6 is 0 Å². The lowest BCUT2D eigenvalue weighted by Gasteiger charge is -2.40. The summed E-state index contributed by atoms with van der Waals surface area (Å²) < 4.78 is 30.5. The highest BCUT2D eigenvalue weighted by molar-refractivity contribution is 5.90. The Morgan fingerprint density at radius 3 is 1.98 bits per heavy atom. The standard InChI is InChI=1S/C34H34O6/c1-25-21-32(38-29-17-19-30(20-18-29)39-34(35)28-15-9-4-10-16-28)40-31(24-36-22-26-11-5-2-6-12-26)33(25)37-23-27-13-7-3-8-14-27/h2-20,25,31-33H,21-24H2,1H3. The van der Waals surface area contributed by atoms with Crippen molar-refractivity contribution in [1.82, 2.24) is 0 Å². The Bertz CT molecular complexity index is 1310. The minimum Gasteiger partial charge on any atom is -0.465 e. The summed E-state index contributed by atoms with van der Waals surface area (Å²) in [6, 6.07) is 36.1. The monoisotopic (exact) mass is 538 g/mol. The van der Waals surface area contributed by atoms with Crippen LogP contribution in [0.1, 0.15) is 34.8 Å². The van der Waals surface area contributed by atoms with Crippen LogP contribution < -0.4 is 9.47 Å².